The van der Waals surface area contributed by atoms with E-state index >= 15 is 0 Å². The summed E-state index contributed by atoms with van der Waals surface area (Å²) in [7, 11) is 0. The third-order valence-electron chi connectivity index (χ3n) is 4.09. The molecule has 1 N–H and O–H groups in total. The molecular weight excluding hydrogens is 388 g/mol. The largest absolute Gasteiger partial charge is 0.325 e. The Morgan fingerprint density at radius 2 is 2.04 bits per heavy atom. The van der Waals surface area contributed by atoms with Crippen molar-refractivity contribution < 1.29 is 4.79 Å². The Morgan fingerprint density at radius 1 is 1.23 bits per heavy atom. The summed E-state index contributed by atoms with van der Waals surface area (Å²) >= 11 is 9.10. The van der Waals surface area contributed by atoms with Crippen LogP contribution in [0.5, 0.6) is 0 Å². The van der Waals surface area contributed by atoms with Gasteiger partial charge in [-0.25, -0.2) is 0 Å². The summed E-state index contributed by atoms with van der Waals surface area (Å²) in [5.74, 6) is -0.100. The number of thiazole rings is 1. The van der Waals surface area contributed by atoms with Crippen LogP contribution in [0.25, 0.3) is 15.2 Å². The van der Waals surface area contributed by atoms with Gasteiger partial charge in [-0.1, -0.05) is 52.9 Å². The van der Waals surface area contributed by atoms with Gasteiger partial charge in [-0.15, -0.1) is 10.2 Å². The third-order valence-corrected chi connectivity index (χ3v) is 6.55. The zero-order valence-electron chi connectivity index (χ0n) is 14.1. The van der Waals surface area contributed by atoms with Crippen molar-refractivity contribution >= 4 is 61.5 Å². The van der Waals surface area contributed by atoms with Crippen molar-refractivity contribution in [3.8, 4) is 0 Å². The number of carbonyl (C=O) groups excluding carboxylic acids is 1. The van der Waals surface area contributed by atoms with Crippen molar-refractivity contribution in [2.75, 3.05) is 5.32 Å². The van der Waals surface area contributed by atoms with Gasteiger partial charge in [0.2, 0.25) is 10.9 Å². The number of amides is 1. The molecule has 0 saturated heterocycles. The van der Waals surface area contributed by atoms with Gasteiger partial charge in [0, 0.05) is 10.7 Å². The second kappa shape index (κ2) is 6.90. The summed E-state index contributed by atoms with van der Waals surface area (Å²) in [5.41, 5.74) is 2.63. The van der Waals surface area contributed by atoms with Crippen LogP contribution in [0.3, 0.4) is 0 Å². The van der Waals surface area contributed by atoms with Crippen LogP contribution in [-0.4, -0.2) is 25.8 Å². The van der Waals surface area contributed by atoms with E-state index in [2.05, 4.69) is 21.6 Å². The highest BCUT2D eigenvalue weighted by molar-refractivity contribution is 8.00. The lowest BCUT2D eigenvalue weighted by molar-refractivity contribution is -0.115. The van der Waals surface area contributed by atoms with Crippen molar-refractivity contribution in [1.82, 2.24) is 14.6 Å². The number of hydrogen-bond acceptors (Lipinski definition) is 5. The van der Waals surface area contributed by atoms with Gasteiger partial charge in [-0.2, -0.15) is 0 Å². The Balaban J connectivity index is 1.58. The number of benzene rings is 2. The molecule has 0 aliphatic carbocycles. The van der Waals surface area contributed by atoms with Gasteiger partial charge in [-0.05, 0) is 43.7 Å². The van der Waals surface area contributed by atoms with E-state index in [4.69, 9.17) is 11.6 Å². The summed E-state index contributed by atoms with van der Waals surface area (Å²) in [6.07, 6.45) is 0. The van der Waals surface area contributed by atoms with Gasteiger partial charge in [-0.3, -0.25) is 9.20 Å². The smallest absolute Gasteiger partial charge is 0.237 e. The zero-order valence-corrected chi connectivity index (χ0v) is 16.5. The number of rotatable bonds is 4. The van der Waals surface area contributed by atoms with E-state index in [-0.39, 0.29) is 11.2 Å². The number of hydrogen-bond donors (Lipinski definition) is 1. The molecule has 4 rings (SSSR count). The Morgan fingerprint density at radius 3 is 2.88 bits per heavy atom. The Hall–Kier alpha value is -2.09. The van der Waals surface area contributed by atoms with Crippen LogP contribution >= 0.6 is 34.7 Å². The van der Waals surface area contributed by atoms with Gasteiger partial charge >= 0.3 is 0 Å². The van der Waals surface area contributed by atoms with Crippen LogP contribution in [0.1, 0.15) is 12.5 Å². The molecule has 26 heavy (non-hydrogen) atoms. The first kappa shape index (κ1) is 17.3. The lowest BCUT2D eigenvalue weighted by Gasteiger charge is -2.13. The molecule has 0 spiro atoms. The second-order valence-corrected chi connectivity index (χ2v) is 8.56. The molecule has 1 unspecified atom stereocenters. The van der Waals surface area contributed by atoms with Crippen molar-refractivity contribution in [3.05, 3.63) is 53.1 Å². The molecule has 0 saturated carbocycles. The lowest BCUT2D eigenvalue weighted by Crippen LogP contribution is -2.23. The molecule has 0 fully saturated rings. The minimum absolute atomic E-state index is 0.100. The first-order valence-electron chi connectivity index (χ1n) is 8.00. The van der Waals surface area contributed by atoms with Gasteiger partial charge in [0.15, 0.2) is 5.16 Å². The Bertz CT molecular complexity index is 1120. The number of anilines is 1. The average Bonchev–Trinajstić information content (AvgIpc) is 3.18. The minimum atomic E-state index is -0.334. The lowest BCUT2D eigenvalue weighted by atomic mass is 10.2. The molecule has 0 bridgehead atoms. The Labute approximate surface area is 163 Å². The van der Waals surface area contributed by atoms with E-state index in [1.165, 1.54) is 11.8 Å². The fraction of sp³-hybridized carbons (Fsp3) is 0.167. The summed E-state index contributed by atoms with van der Waals surface area (Å²) in [6.45, 7) is 3.74. The van der Waals surface area contributed by atoms with E-state index in [0.29, 0.717) is 10.2 Å². The molecule has 0 aliphatic rings. The molecule has 0 radical (unpaired) electrons. The predicted octanol–water partition coefficient (Wildman–Crippen LogP) is 5.03. The fourth-order valence-electron chi connectivity index (χ4n) is 2.62. The summed E-state index contributed by atoms with van der Waals surface area (Å²) in [6, 6.07) is 13.6. The molecule has 4 aromatic rings. The van der Waals surface area contributed by atoms with Gasteiger partial charge in [0.05, 0.1) is 15.5 Å². The minimum Gasteiger partial charge on any atom is -0.325 e. The van der Waals surface area contributed by atoms with E-state index in [9.17, 15) is 4.79 Å². The normalized spacial score (nSPS) is 12.6. The number of para-hydroxylation sites is 1. The van der Waals surface area contributed by atoms with Gasteiger partial charge in [0.25, 0.3) is 0 Å². The van der Waals surface area contributed by atoms with E-state index in [1.54, 1.807) is 17.4 Å². The van der Waals surface area contributed by atoms with Crippen LogP contribution in [0.2, 0.25) is 5.02 Å². The molecule has 8 heteroatoms. The maximum Gasteiger partial charge on any atom is 0.237 e. The fourth-order valence-corrected chi connectivity index (χ4v) is 4.68. The van der Waals surface area contributed by atoms with Crippen LogP contribution in [-0.2, 0) is 4.79 Å². The topological polar surface area (TPSA) is 59.3 Å². The number of fused-ring (bicyclic) bond motifs is 3. The van der Waals surface area contributed by atoms with Crippen molar-refractivity contribution in [2.24, 2.45) is 0 Å². The zero-order chi connectivity index (χ0) is 18.3. The molecule has 132 valence electrons. The van der Waals surface area contributed by atoms with Crippen LogP contribution < -0.4 is 5.32 Å². The Kier molecular flexibility index (Phi) is 4.60. The molecule has 1 amide bonds. The number of nitrogens with zero attached hydrogens (tertiary/aromatic N) is 3. The highest BCUT2D eigenvalue weighted by Gasteiger charge is 2.20. The number of nitrogens with one attached hydrogen (secondary N) is 1. The number of thioether (sulfide) groups is 1. The first-order valence-corrected chi connectivity index (χ1v) is 10.1. The monoisotopic (exact) mass is 402 g/mol. The SMILES string of the molecule is Cc1c(Cl)cccc1NC(=O)C(C)Sc1nnc2sc3ccccc3n12. The summed E-state index contributed by atoms with van der Waals surface area (Å²) in [4.78, 5) is 13.4. The highest BCUT2D eigenvalue weighted by atomic mass is 35.5. The van der Waals surface area contributed by atoms with Crippen molar-refractivity contribution in [1.29, 1.82) is 0 Å². The van der Waals surface area contributed by atoms with Gasteiger partial charge in [0.1, 0.15) is 0 Å². The van der Waals surface area contributed by atoms with E-state index in [0.717, 1.165) is 26.4 Å². The highest BCUT2D eigenvalue weighted by Crippen LogP contribution is 2.31. The molecule has 1 atom stereocenters. The average molecular weight is 403 g/mol. The quantitative estimate of drug-likeness (QED) is 0.486. The summed E-state index contributed by atoms with van der Waals surface area (Å²) in [5, 5.41) is 12.4. The maximum absolute atomic E-state index is 12.6. The van der Waals surface area contributed by atoms with Crippen LogP contribution in [0.4, 0.5) is 5.69 Å². The molecule has 0 aliphatic heterocycles. The molecule has 2 aromatic heterocycles. The molecule has 5 nitrogen and oxygen atoms in total. The number of halogens is 1. The summed E-state index contributed by atoms with van der Waals surface area (Å²) < 4.78 is 3.14. The van der Waals surface area contributed by atoms with Crippen LogP contribution in [0.15, 0.2) is 47.6 Å². The predicted molar refractivity (Wildman–Crippen MR) is 109 cm³/mol. The first-order chi connectivity index (χ1) is 12.5. The maximum atomic E-state index is 12.6. The van der Waals surface area contributed by atoms with E-state index in [1.807, 2.05) is 48.6 Å². The van der Waals surface area contributed by atoms with Crippen molar-refractivity contribution in [2.45, 2.75) is 24.3 Å². The standard InChI is InChI=1S/C18H15ClN4OS2/c1-10-12(19)6-5-7-13(10)20-16(24)11(2)25-17-21-22-18-23(17)14-8-3-4-9-15(14)26-18/h3-9,11H,1-2H3,(H,20,24). The molecular formula is C18H15ClN4OS2. The number of aromatic nitrogens is 3. The molecule has 2 heterocycles. The van der Waals surface area contributed by atoms with Crippen LogP contribution in [0, 0.1) is 6.92 Å². The molecule has 2 aromatic carbocycles. The van der Waals surface area contributed by atoms with Gasteiger partial charge < -0.3 is 5.32 Å². The third kappa shape index (κ3) is 3.06. The number of carbonyl (C=O) groups is 1. The second-order valence-electron chi connectivity index (χ2n) is 5.83. The van der Waals surface area contributed by atoms with E-state index < -0.39 is 0 Å². The van der Waals surface area contributed by atoms with Crippen molar-refractivity contribution in [3.63, 3.8) is 0 Å².